The van der Waals surface area contributed by atoms with Crippen LogP contribution >= 0.6 is 0 Å². The lowest BCUT2D eigenvalue weighted by Gasteiger charge is -2.27. The van der Waals surface area contributed by atoms with Gasteiger partial charge in [-0.2, -0.15) is 4.68 Å². The van der Waals surface area contributed by atoms with Gasteiger partial charge in [0.2, 0.25) is 5.69 Å². The molecule has 0 amide bonds. The van der Waals surface area contributed by atoms with E-state index in [1.165, 1.54) is 44.8 Å². The molecule has 0 spiro atoms. The van der Waals surface area contributed by atoms with E-state index in [4.69, 9.17) is 4.84 Å². The van der Waals surface area contributed by atoms with Gasteiger partial charge in [-0.05, 0) is 68.9 Å². The molecule has 224 valence electrons. The number of Topliss-reactive ketones (excluding diaryl/α,β-unsaturated/α-hetero) is 1. The fourth-order valence-electron chi connectivity index (χ4n) is 6.09. The zero-order valence-corrected chi connectivity index (χ0v) is 26.5. The van der Waals surface area contributed by atoms with Crippen LogP contribution in [0.5, 0.6) is 0 Å². The number of oxime groups is 1. The van der Waals surface area contributed by atoms with Crippen molar-refractivity contribution in [2.75, 3.05) is 6.61 Å². The van der Waals surface area contributed by atoms with Gasteiger partial charge in [-0.25, -0.2) is 0 Å². The number of hydrogen-bond acceptors (Lipinski definition) is 4. The highest BCUT2D eigenvalue weighted by molar-refractivity contribution is 6.23. The zero-order chi connectivity index (χ0) is 31.1. The molecule has 5 rings (SSSR count). The van der Waals surface area contributed by atoms with Crippen molar-refractivity contribution in [1.29, 1.82) is 0 Å². The first-order chi connectivity index (χ1) is 20.7. The third kappa shape index (κ3) is 7.14. The number of ketones is 1. The van der Waals surface area contributed by atoms with Crippen LogP contribution < -0.4 is 4.68 Å². The van der Waals surface area contributed by atoms with E-state index in [1.807, 2.05) is 26.0 Å². The van der Waals surface area contributed by atoms with E-state index in [2.05, 4.69) is 116 Å². The van der Waals surface area contributed by atoms with Crippen LogP contribution in [0.2, 0.25) is 0 Å². The molecule has 1 aromatic heterocycles. The quantitative estimate of drug-likeness (QED) is 0.138. The van der Waals surface area contributed by atoms with Gasteiger partial charge in [0, 0.05) is 30.0 Å². The molecule has 6 nitrogen and oxygen atoms in total. The maximum absolute atomic E-state index is 12.7. The van der Waals surface area contributed by atoms with Gasteiger partial charge >= 0.3 is 0 Å². The molecule has 1 aliphatic carbocycles. The van der Waals surface area contributed by atoms with Crippen molar-refractivity contribution < 1.29 is 19.4 Å². The van der Waals surface area contributed by atoms with Crippen LogP contribution in [0, 0.1) is 20.8 Å². The largest absolute Gasteiger partial charge is 0.511 e. The lowest BCUT2D eigenvalue weighted by atomic mass is 9.78. The van der Waals surface area contributed by atoms with E-state index in [0.717, 1.165) is 0 Å². The Bertz CT molecular complexity index is 1550. The molecule has 0 aliphatic heterocycles. The van der Waals surface area contributed by atoms with Crippen LogP contribution in [0.25, 0.3) is 22.5 Å². The van der Waals surface area contributed by atoms with Crippen molar-refractivity contribution in [3.63, 3.8) is 0 Å². The Labute approximate surface area is 255 Å². The fourth-order valence-corrected chi connectivity index (χ4v) is 6.09. The van der Waals surface area contributed by atoms with E-state index >= 15 is 0 Å². The number of carbonyl (C=O) groups is 1. The average molecular weight is 579 g/mol. The topological polar surface area (TPSA) is 67.7 Å². The predicted molar refractivity (Wildman–Crippen MR) is 174 cm³/mol. The molecule has 0 saturated carbocycles. The highest BCUT2D eigenvalue weighted by Gasteiger charge is 2.32. The van der Waals surface area contributed by atoms with Crippen LogP contribution in [0.1, 0.15) is 61.3 Å². The summed E-state index contributed by atoms with van der Waals surface area (Å²) in [4.78, 5) is 17.8. The number of aliphatic hydroxyl groups is 1. The first-order valence-corrected chi connectivity index (χ1v) is 15.0. The first-order valence-electron chi connectivity index (χ1n) is 15.0. The Balaban J connectivity index is 0.000000202. The molecule has 0 bridgehead atoms. The standard InChI is InChI=1S/C20H27NO3.C17H17N2/c1-6-16(21-24-7-2)20-17(22)10-15(11-18(20)23)19-13(4)8-12(3)9-14(19)5;1-18-16(14-9-5-3-6-10-14)13-17(19(18)2)15-11-7-4-8-12-15/h8-9,15,22H,6-7,10-11H2,1-5H3;3-13H,1-2H3/q;+1/b21-16+;. The van der Waals surface area contributed by atoms with Gasteiger partial charge in [-0.1, -0.05) is 78.3 Å². The van der Waals surface area contributed by atoms with Crippen LogP contribution in [0.15, 0.2) is 95.4 Å². The average Bonchev–Trinajstić information content (AvgIpc) is 3.29. The van der Waals surface area contributed by atoms with Gasteiger partial charge in [-0.3, -0.25) is 4.79 Å². The van der Waals surface area contributed by atoms with Crippen molar-refractivity contribution in [2.45, 2.75) is 59.8 Å². The Morgan fingerprint density at radius 2 is 1.51 bits per heavy atom. The summed E-state index contributed by atoms with van der Waals surface area (Å²) >= 11 is 0. The number of hydrogen-bond donors (Lipinski definition) is 1. The summed E-state index contributed by atoms with van der Waals surface area (Å²) in [7, 11) is 4.18. The molecule has 0 saturated heterocycles. The summed E-state index contributed by atoms with van der Waals surface area (Å²) in [6.45, 7) is 10.4. The molecular weight excluding hydrogens is 534 g/mol. The Morgan fingerprint density at radius 1 is 0.930 bits per heavy atom. The van der Waals surface area contributed by atoms with Crippen LogP contribution in [-0.4, -0.2) is 27.9 Å². The van der Waals surface area contributed by atoms with Crippen molar-refractivity contribution in [3.8, 4) is 22.5 Å². The van der Waals surface area contributed by atoms with E-state index in [0.29, 0.717) is 37.2 Å². The second-order valence-electron chi connectivity index (χ2n) is 11.2. The highest BCUT2D eigenvalue weighted by atomic mass is 16.6. The molecule has 0 radical (unpaired) electrons. The Kier molecular flexibility index (Phi) is 10.4. The molecule has 43 heavy (non-hydrogen) atoms. The smallest absolute Gasteiger partial charge is 0.238 e. The molecule has 0 fully saturated rings. The number of benzene rings is 3. The van der Waals surface area contributed by atoms with Gasteiger partial charge in [-0.15, -0.1) is 4.68 Å². The van der Waals surface area contributed by atoms with E-state index in [9.17, 15) is 9.90 Å². The van der Waals surface area contributed by atoms with Crippen molar-refractivity contribution in [3.05, 3.63) is 112 Å². The third-order valence-corrected chi connectivity index (χ3v) is 8.07. The molecule has 1 unspecified atom stereocenters. The normalized spacial score (nSPS) is 15.3. The van der Waals surface area contributed by atoms with Crippen molar-refractivity contribution >= 4 is 11.5 Å². The summed E-state index contributed by atoms with van der Waals surface area (Å²) in [5, 5.41) is 14.5. The number of carbonyl (C=O) groups excluding carboxylic acids is 1. The Morgan fingerprint density at radius 3 is 2.05 bits per heavy atom. The zero-order valence-electron chi connectivity index (χ0n) is 26.5. The molecular formula is C37H44N3O3+. The second kappa shape index (κ2) is 14.1. The van der Waals surface area contributed by atoms with E-state index in [-0.39, 0.29) is 17.5 Å². The van der Waals surface area contributed by atoms with Gasteiger partial charge < -0.3 is 9.94 Å². The highest BCUT2D eigenvalue weighted by Crippen LogP contribution is 2.37. The number of allylic oxidation sites excluding steroid dienone is 2. The molecule has 1 N–H and O–H groups in total. The van der Waals surface area contributed by atoms with Gasteiger partial charge in [0.1, 0.15) is 18.1 Å². The third-order valence-electron chi connectivity index (χ3n) is 8.07. The summed E-state index contributed by atoms with van der Waals surface area (Å²) < 4.78 is 4.36. The summed E-state index contributed by atoms with van der Waals surface area (Å²) in [5.74, 6) is 0.103. The minimum atomic E-state index is -0.0524. The first kappa shape index (κ1) is 31.5. The second-order valence-corrected chi connectivity index (χ2v) is 11.2. The number of rotatable bonds is 7. The molecule has 1 atom stereocenters. The number of aliphatic hydroxyl groups excluding tert-OH is 1. The van der Waals surface area contributed by atoms with Gasteiger partial charge in [0.15, 0.2) is 12.8 Å². The van der Waals surface area contributed by atoms with E-state index in [1.54, 1.807) is 0 Å². The summed E-state index contributed by atoms with van der Waals surface area (Å²) in [6.07, 6.45) is 1.42. The molecule has 1 heterocycles. The predicted octanol–water partition coefficient (Wildman–Crippen LogP) is 7.86. The number of nitrogens with zero attached hydrogens (tertiary/aromatic N) is 3. The lowest BCUT2D eigenvalue weighted by molar-refractivity contribution is -0.740. The van der Waals surface area contributed by atoms with Crippen LogP contribution in [0.3, 0.4) is 0 Å². The monoisotopic (exact) mass is 578 g/mol. The lowest BCUT2D eigenvalue weighted by Crippen LogP contribution is -2.39. The summed E-state index contributed by atoms with van der Waals surface area (Å²) in [6, 6.07) is 27.5. The van der Waals surface area contributed by atoms with Gasteiger partial charge in [0.25, 0.3) is 0 Å². The SMILES string of the molecule is CCO/N=C(\CC)C1=C(O)CC(c2c(C)cc(C)cc2C)CC1=O.Cn1c(-c2ccccc2)cc(-c2ccccc2)[n+]1C. The molecule has 3 aromatic carbocycles. The van der Waals surface area contributed by atoms with Crippen LogP contribution in [-0.2, 0) is 23.7 Å². The maximum Gasteiger partial charge on any atom is 0.238 e. The number of aryl methyl sites for hydroxylation is 3. The minimum absolute atomic E-state index is 0.0204. The molecule has 4 aromatic rings. The van der Waals surface area contributed by atoms with Crippen molar-refractivity contribution in [1.82, 2.24) is 4.68 Å². The minimum Gasteiger partial charge on any atom is -0.511 e. The molecule has 6 heteroatoms. The van der Waals surface area contributed by atoms with E-state index < -0.39 is 0 Å². The Hall–Kier alpha value is -4.45. The van der Waals surface area contributed by atoms with Gasteiger partial charge in [0.05, 0.1) is 18.3 Å². The molecule has 1 aliphatic rings. The maximum atomic E-state index is 12.7. The fraction of sp³-hybridized carbons (Fsp3) is 0.324. The van der Waals surface area contributed by atoms with Crippen molar-refractivity contribution in [2.24, 2.45) is 19.3 Å². The summed E-state index contributed by atoms with van der Waals surface area (Å²) in [5.41, 5.74) is 10.6. The number of aromatic nitrogens is 2. The van der Waals surface area contributed by atoms with Crippen LogP contribution in [0.4, 0.5) is 0 Å².